The van der Waals surface area contributed by atoms with Gasteiger partial charge in [-0.05, 0) is 103 Å². The van der Waals surface area contributed by atoms with Crippen LogP contribution in [0.2, 0.25) is 0 Å². The van der Waals surface area contributed by atoms with Gasteiger partial charge in [-0.3, -0.25) is 29.0 Å². The first-order valence-electron chi connectivity index (χ1n) is 23.4. The summed E-state index contributed by atoms with van der Waals surface area (Å²) in [5.41, 5.74) is 9.65. The summed E-state index contributed by atoms with van der Waals surface area (Å²) >= 11 is 0. The van der Waals surface area contributed by atoms with E-state index < -0.39 is 46.7 Å². The van der Waals surface area contributed by atoms with Gasteiger partial charge in [0.05, 0.1) is 24.3 Å². The number of hydrogen-bond donors (Lipinski definition) is 3. The van der Waals surface area contributed by atoms with Gasteiger partial charge in [0.1, 0.15) is 23.9 Å². The van der Waals surface area contributed by atoms with E-state index >= 15 is 0 Å². The Morgan fingerprint density at radius 1 is 1.05 bits per heavy atom. The van der Waals surface area contributed by atoms with E-state index in [1.807, 2.05) is 26.0 Å². The normalized spacial score (nSPS) is 21.1. The number of esters is 1. The number of nitrogens with one attached hydrogen (secondary N) is 2. The summed E-state index contributed by atoms with van der Waals surface area (Å²) in [5.74, 6) is -2.13. The highest BCUT2D eigenvalue weighted by molar-refractivity contribution is 5.98. The summed E-state index contributed by atoms with van der Waals surface area (Å²) in [6.07, 6.45) is 4.05. The topological polar surface area (TPSA) is 163 Å². The van der Waals surface area contributed by atoms with Crippen LogP contribution in [0.5, 0.6) is 5.75 Å². The molecule has 4 aliphatic rings. The van der Waals surface area contributed by atoms with Gasteiger partial charge in [0.25, 0.3) is 5.91 Å². The standard InChI is InChI=1S/C52H64N6O8/c1-8-44(60)55-29-52(30-55)19-21-57(50(52)64)45(32(3)4)47(61)53-42-25-33-23-36(26-37(59)24-33)35-16-17-43-39(27-35)40(46(56(43)9-2)38-14-11-10-13-34(38)18-22-65-7)28-51(5,6)31-66-49(63)41-15-12-20-58(54-41)48(42)62/h8,10-11,13-14,16-17,23-24,26-27,32,41-42,45,54,59H,1,9,12,15,18-22,25,28-31H2,2-7H3,(H,53,61)/t41-,42-,45-/m0/s1. The van der Waals surface area contributed by atoms with E-state index in [4.69, 9.17) is 9.47 Å². The molecule has 1 aromatic heterocycles. The van der Waals surface area contributed by atoms with Gasteiger partial charge in [0, 0.05) is 68.1 Å². The molecule has 1 spiro atoms. The molecule has 3 saturated heterocycles. The minimum Gasteiger partial charge on any atom is -0.508 e. The molecule has 14 heteroatoms. The maximum atomic E-state index is 14.7. The molecule has 6 bridgehead atoms. The number of rotatable bonds is 10. The van der Waals surface area contributed by atoms with Crippen molar-refractivity contribution in [3.8, 4) is 28.1 Å². The van der Waals surface area contributed by atoms with Crippen molar-refractivity contribution >= 4 is 40.5 Å². The molecule has 0 unspecified atom stereocenters. The minimum atomic E-state index is -1.14. The van der Waals surface area contributed by atoms with Crippen LogP contribution >= 0.6 is 0 Å². The van der Waals surface area contributed by atoms with Crippen LogP contribution in [0.15, 0.2) is 73.3 Å². The number of likely N-dealkylation sites (tertiary alicyclic amines) is 2. The molecular formula is C52H64N6O8. The summed E-state index contributed by atoms with van der Waals surface area (Å²) in [6.45, 7) is 16.2. The second kappa shape index (κ2) is 18.7. The lowest BCUT2D eigenvalue weighted by atomic mass is 9.78. The summed E-state index contributed by atoms with van der Waals surface area (Å²) < 4.78 is 14.0. The van der Waals surface area contributed by atoms with Crippen LogP contribution < -0.4 is 10.7 Å². The van der Waals surface area contributed by atoms with Crippen LogP contribution in [0.4, 0.5) is 0 Å². The molecule has 0 radical (unpaired) electrons. The zero-order chi connectivity index (χ0) is 47.1. The van der Waals surface area contributed by atoms with Crippen LogP contribution in [0.3, 0.4) is 0 Å². The molecule has 3 atom stereocenters. The molecular weight excluding hydrogens is 837 g/mol. The Morgan fingerprint density at radius 3 is 2.55 bits per heavy atom. The minimum absolute atomic E-state index is 0.00572. The quantitative estimate of drug-likeness (QED) is 0.132. The number of cyclic esters (lactones) is 1. The zero-order valence-corrected chi connectivity index (χ0v) is 39.2. The van der Waals surface area contributed by atoms with Gasteiger partial charge in [-0.1, -0.05) is 70.7 Å². The van der Waals surface area contributed by atoms with Crippen molar-refractivity contribution in [3.63, 3.8) is 0 Å². The van der Waals surface area contributed by atoms with Crippen molar-refractivity contribution in [3.05, 3.63) is 90.0 Å². The van der Waals surface area contributed by atoms with Gasteiger partial charge < -0.3 is 34.3 Å². The van der Waals surface area contributed by atoms with Crippen molar-refractivity contribution in [1.29, 1.82) is 0 Å². The van der Waals surface area contributed by atoms with Crippen molar-refractivity contribution in [2.75, 3.05) is 46.5 Å². The van der Waals surface area contributed by atoms with Crippen molar-refractivity contribution in [2.45, 2.75) is 97.8 Å². The number of carbonyl (C=O) groups is 5. The number of fused-ring (bicyclic) bond motifs is 6. The number of benzene rings is 3. The number of phenols is 1. The highest BCUT2D eigenvalue weighted by Crippen LogP contribution is 2.44. The molecule has 8 rings (SSSR count). The van der Waals surface area contributed by atoms with Gasteiger partial charge in [0.2, 0.25) is 17.7 Å². The van der Waals surface area contributed by atoms with E-state index in [1.54, 1.807) is 29.0 Å². The van der Waals surface area contributed by atoms with Crippen LogP contribution in [-0.2, 0) is 59.3 Å². The Bertz CT molecular complexity index is 2560. The molecule has 3 N–H and O–H groups in total. The fraction of sp³-hybridized carbons (Fsp3) is 0.481. The predicted octanol–water partition coefficient (Wildman–Crippen LogP) is 5.81. The molecule has 0 saturated carbocycles. The molecule has 14 nitrogen and oxygen atoms in total. The Morgan fingerprint density at radius 2 is 1.82 bits per heavy atom. The van der Waals surface area contributed by atoms with E-state index in [0.717, 1.165) is 45.3 Å². The molecule has 350 valence electrons. The second-order valence-corrected chi connectivity index (χ2v) is 19.7. The first kappa shape index (κ1) is 46.5. The van der Waals surface area contributed by atoms with Crippen molar-refractivity contribution < 1.29 is 38.6 Å². The number of aromatic nitrogens is 1. The van der Waals surface area contributed by atoms with E-state index in [-0.39, 0.29) is 56.1 Å². The lowest BCUT2D eigenvalue weighted by Crippen LogP contribution is -2.64. The number of hydrazine groups is 1. The molecule has 3 aromatic carbocycles. The molecule has 66 heavy (non-hydrogen) atoms. The van der Waals surface area contributed by atoms with Crippen molar-refractivity contribution in [2.24, 2.45) is 16.7 Å². The van der Waals surface area contributed by atoms with Crippen LogP contribution in [0.25, 0.3) is 33.3 Å². The van der Waals surface area contributed by atoms with Crippen LogP contribution in [-0.4, -0.2) is 119 Å². The summed E-state index contributed by atoms with van der Waals surface area (Å²) in [7, 11) is 1.71. The third kappa shape index (κ3) is 8.97. The summed E-state index contributed by atoms with van der Waals surface area (Å²) in [4.78, 5) is 72.8. The lowest BCUT2D eigenvalue weighted by molar-refractivity contribution is -0.156. The highest BCUT2D eigenvalue weighted by atomic mass is 16.5. The number of phenolic OH excluding ortho intramolecular Hbond substituents is 1. The van der Waals surface area contributed by atoms with E-state index in [0.29, 0.717) is 50.9 Å². The largest absolute Gasteiger partial charge is 0.508 e. The maximum Gasteiger partial charge on any atom is 0.324 e. The number of aryl methyl sites for hydroxylation is 1. The van der Waals surface area contributed by atoms with E-state index in [2.05, 4.69) is 79.1 Å². The van der Waals surface area contributed by atoms with Crippen molar-refractivity contribution in [1.82, 2.24) is 30.1 Å². The third-order valence-electron chi connectivity index (χ3n) is 14.0. The lowest BCUT2D eigenvalue weighted by Gasteiger charge is -2.46. The zero-order valence-electron chi connectivity index (χ0n) is 39.2. The SMILES string of the molecule is C=CC(=O)N1CC2(CCN([C@H](C(=O)N[C@H]3Cc4cc(O)cc(c4)-c4ccc5c(c4)c(c(-c4ccccc4CCOC)n5CC)CC(C)(C)COC(=O)[C@@H]4CCCN(N4)C3=O)C(C)C)C2=O)C1. The molecule has 4 aliphatic heterocycles. The fourth-order valence-electron chi connectivity index (χ4n) is 10.6. The van der Waals surface area contributed by atoms with Gasteiger partial charge in [0.15, 0.2) is 0 Å². The molecule has 0 aliphatic carbocycles. The number of aromatic hydroxyl groups is 1. The number of amides is 4. The Kier molecular flexibility index (Phi) is 13.2. The van der Waals surface area contributed by atoms with E-state index in [9.17, 15) is 29.1 Å². The summed E-state index contributed by atoms with van der Waals surface area (Å²) in [5, 5.41) is 16.8. The molecule has 4 aromatic rings. The number of nitrogens with zero attached hydrogens (tertiary/aromatic N) is 4. The number of carbonyl (C=O) groups excluding carboxylic acids is 5. The van der Waals surface area contributed by atoms with Gasteiger partial charge in [-0.25, -0.2) is 5.43 Å². The number of methoxy groups -OCH3 is 1. The average Bonchev–Trinajstić information content (AvgIpc) is 3.78. The first-order chi connectivity index (χ1) is 31.6. The Labute approximate surface area is 387 Å². The summed E-state index contributed by atoms with van der Waals surface area (Å²) in [6, 6.07) is 17.2. The van der Waals surface area contributed by atoms with Gasteiger partial charge >= 0.3 is 5.97 Å². The molecule has 5 heterocycles. The predicted molar refractivity (Wildman–Crippen MR) is 252 cm³/mol. The first-order valence-corrected chi connectivity index (χ1v) is 23.4. The average molecular weight is 901 g/mol. The van der Waals surface area contributed by atoms with Gasteiger partial charge in [-0.2, -0.15) is 0 Å². The Balaban J connectivity index is 1.19. The Hall–Kier alpha value is -5.99. The molecule has 4 amide bonds. The smallest absolute Gasteiger partial charge is 0.324 e. The third-order valence-corrected chi connectivity index (χ3v) is 14.0. The van der Waals surface area contributed by atoms with E-state index in [1.165, 1.54) is 16.6 Å². The maximum absolute atomic E-state index is 14.7. The highest BCUT2D eigenvalue weighted by Gasteiger charge is 2.57. The van der Waals surface area contributed by atoms with Gasteiger partial charge in [-0.15, -0.1) is 0 Å². The van der Waals surface area contributed by atoms with Crippen LogP contribution in [0.1, 0.15) is 70.6 Å². The monoisotopic (exact) mass is 900 g/mol. The second-order valence-electron chi connectivity index (χ2n) is 19.7. The number of ether oxygens (including phenoxy) is 2. The molecule has 3 fully saturated rings. The fourth-order valence-corrected chi connectivity index (χ4v) is 10.6. The van der Waals surface area contributed by atoms with Crippen LogP contribution in [0, 0.1) is 16.7 Å². The number of hydrogen-bond acceptors (Lipinski definition) is 9.